The van der Waals surface area contributed by atoms with Crippen LogP contribution in [0.3, 0.4) is 0 Å². The molecule has 90 valence electrons. The molecule has 0 saturated carbocycles. The molecule has 0 aliphatic carbocycles. The second-order valence-electron chi connectivity index (χ2n) is 3.63. The number of hydrogen-bond acceptors (Lipinski definition) is 4. The van der Waals surface area contributed by atoms with Gasteiger partial charge >= 0.3 is 5.97 Å². The average Bonchev–Trinajstić information content (AvgIpc) is 2.22. The average molecular weight is 217 g/mol. The largest absolute Gasteiger partial charge is 0.460 e. The van der Waals surface area contributed by atoms with E-state index < -0.39 is 0 Å². The molecule has 0 saturated heterocycles. The molecule has 2 unspecified atom stereocenters. The van der Waals surface area contributed by atoms with Gasteiger partial charge in [-0.2, -0.15) is 0 Å². The molecule has 0 aliphatic rings. The first-order valence-corrected chi connectivity index (χ1v) is 5.63. The predicted octanol–water partition coefficient (Wildman–Crippen LogP) is 1.33. The normalized spacial score (nSPS) is 14.7. The highest BCUT2D eigenvalue weighted by Gasteiger charge is 2.19. The predicted molar refractivity (Wildman–Crippen MR) is 59.5 cm³/mol. The van der Waals surface area contributed by atoms with Crippen molar-refractivity contribution in [2.75, 3.05) is 19.8 Å². The van der Waals surface area contributed by atoms with Crippen molar-refractivity contribution in [2.24, 2.45) is 11.7 Å². The second-order valence-corrected chi connectivity index (χ2v) is 3.63. The molecule has 0 heterocycles. The molecule has 0 aromatic rings. The van der Waals surface area contributed by atoms with Crippen LogP contribution in [0, 0.1) is 5.92 Å². The van der Waals surface area contributed by atoms with Crippen molar-refractivity contribution in [2.45, 2.75) is 39.7 Å². The second kappa shape index (κ2) is 8.68. The molecule has 0 bridgehead atoms. The first kappa shape index (κ1) is 14.4. The Morgan fingerprint density at radius 1 is 1.40 bits per heavy atom. The van der Waals surface area contributed by atoms with Gasteiger partial charge in [0.2, 0.25) is 0 Å². The number of carbonyl (C=O) groups excluding carboxylic acids is 1. The fourth-order valence-corrected chi connectivity index (χ4v) is 1.29. The van der Waals surface area contributed by atoms with Gasteiger partial charge in [0, 0.05) is 13.2 Å². The van der Waals surface area contributed by atoms with Crippen LogP contribution in [0.1, 0.15) is 33.6 Å². The third kappa shape index (κ3) is 6.47. The van der Waals surface area contributed by atoms with Gasteiger partial charge in [-0.1, -0.05) is 13.3 Å². The van der Waals surface area contributed by atoms with Crippen LogP contribution >= 0.6 is 0 Å². The zero-order valence-corrected chi connectivity index (χ0v) is 9.99. The quantitative estimate of drug-likeness (QED) is 0.623. The summed E-state index contributed by atoms with van der Waals surface area (Å²) in [6.07, 6.45) is 1.54. The van der Waals surface area contributed by atoms with Crippen molar-refractivity contribution < 1.29 is 14.3 Å². The molecule has 0 amide bonds. The molecule has 0 aliphatic heterocycles. The number of rotatable bonds is 8. The Bertz CT molecular complexity index is 173. The van der Waals surface area contributed by atoms with E-state index in [2.05, 4.69) is 0 Å². The van der Waals surface area contributed by atoms with Gasteiger partial charge in [-0.3, -0.25) is 4.79 Å². The van der Waals surface area contributed by atoms with E-state index in [-0.39, 0.29) is 18.0 Å². The Morgan fingerprint density at radius 2 is 2.07 bits per heavy atom. The van der Waals surface area contributed by atoms with Gasteiger partial charge < -0.3 is 15.2 Å². The van der Waals surface area contributed by atoms with E-state index in [1.807, 2.05) is 20.8 Å². The van der Waals surface area contributed by atoms with Gasteiger partial charge in [0.1, 0.15) is 6.10 Å². The maximum absolute atomic E-state index is 11.6. The fourth-order valence-electron chi connectivity index (χ4n) is 1.29. The molecule has 4 nitrogen and oxygen atoms in total. The SMILES string of the molecule is CCCC(CN)C(=O)OC(C)COCC. The van der Waals surface area contributed by atoms with Crippen molar-refractivity contribution in [1.29, 1.82) is 0 Å². The molecular formula is C11H23NO3. The van der Waals surface area contributed by atoms with Crippen LogP contribution in [-0.2, 0) is 14.3 Å². The maximum Gasteiger partial charge on any atom is 0.310 e. The van der Waals surface area contributed by atoms with Gasteiger partial charge in [0.15, 0.2) is 0 Å². The van der Waals surface area contributed by atoms with Gasteiger partial charge in [-0.25, -0.2) is 0 Å². The monoisotopic (exact) mass is 217 g/mol. The minimum Gasteiger partial charge on any atom is -0.460 e. The molecule has 2 N–H and O–H groups in total. The minimum atomic E-state index is -0.202. The summed E-state index contributed by atoms with van der Waals surface area (Å²) < 4.78 is 10.4. The van der Waals surface area contributed by atoms with Crippen molar-refractivity contribution in [3.8, 4) is 0 Å². The summed E-state index contributed by atoms with van der Waals surface area (Å²) >= 11 is 0. The Morgan fingerprint density at radius 3 is 2.53 bits per heavy atom. The summed E-state index contributed by atoms with van der Waals surface area (Å²) in [5.74, 6) is -0.370. The summed E-state index contributed by atoms with van der Waals surface area (Å²) in [7, 11) is 0. The first-order valence-electron chi connectivity index (χ1n) is 5.63. The van der Waals surface area contributed by atoms with Crippen molar-refractivity contribution >= 4 is 5.97 Å². The first-order chi connectivity index (χ1) is 7.15. The highest BCUT2D eigenvalue weighted by atomic mass is 16.6. The van der Waals surface area contributed by atoms with Gasteiger partial charge in [0.25, 0.3) is 0 Å². The Hall–Kier alpha value is -0.610. The zero-order valence-electron chi connectivity index (χ0n) is 9.99. The van der Waals surface area contributed by atoms with E-state index in [4.69, 9.17) is 15.2 Å². The van der Waals surface area contributed by atoms with E-state index in [0.717, 1.165) is 12.8 Å². The van der Waals surface area contributed by atoms with Crippen LogP contribution in [0.25, 0.3) is 0 Å². The maximum atomic E-state index is 11.6. The molecule has 2 atom stereocenters. The Kier molecular flexibility index (Phi) is 8.33. The molecule has 0 fully saturated rings. The topological polar surface area (TPSA) is 61.6 Å². The molecule has 0 radical (unpaired) electrons. The van der Waals surface area contributed by atoms with Gasteiger partial charge in [-0.05, 0) is 20.3 Å². The van der Waals surface area contributed by atoms with Crippen molar-refractivity contribution in [3.63, 3.8) is 0 Å². The number of esters is 1. The van der Waals surface area contributed by atoms with E-state index in [1.165, 1.54) is 0 Å². The lowest BCUT2D eigenvalue weighted by atomic mass is 10.0. The van der Waals surface area contributed by atoms with Crippen LogP contribution < -0.4 is 5.73 Å². The summed E-state index contributed by atoms with van der Waals surface area (Å²) in [5.41, 5.74) is 5.50. The van der Waals surface area contributed by atoms with Gasteiger partial charge in [0.05, 0.1) is 12.5 Å². The van der Waals surface area contributed by atoms with E-state index in [9.17, 15) is 4.79 Å². The summed E-state index contributed by atoms with van der Waals surface area (Å²) in [4.78, 5) is 11.6. The van der Waals surface area contributed by atoms with Crippen LogP contribution in [0.4, 0.5) is 0 Å². The van der Waals surface area contributed by atoms with Crippen LogP contribution in [0.15, 0.2) is 0 Å². The lowest BCUT2D eigenvalue weighted by Crippen LogP contribution is -2.30. The van der Waals surface area contributed by atoms with E-state index in [1.54, 1.807) is 0 Å². The molecule has 0 rings (SSSR count). The lowest BCUT2D eigenvalue weighted by Gasteiger charge is -2.17. The number of nitrogens with two attached hydrogens (primary N) is 1. The van der Waals surface area contributed by atoms with Crippen LogP contribution in [0.2, 0.25) is 0 Å². The number of ether oxygens (including phenoxy) is 2. The molecule has 4 heteroatoms. The fraction of sp³-hybridized carbons (Fsp3) is 0.909. The minimum absolute atomic E-state index is 0.168. The van der Waals surface area contributed by atoms with Crippen molar-refractivity contribution in [1.82, 2.24) is 0 Å². The molecular weight excluding hydrogens is 194 g/mol. The van der Waals surface area contributed by atoms with Gasteiger partial charge in [-0.15, -0.1) is 0 Å². The Labute approximate surface area is 92.1 Å². The van der Waals surface area contributed by atoms with E-state index in [0.29, 0.717) is 19.8 Å². The smallest absolute Gasteiger partial charge is 0.310 e. The summed E-state index contributed by atoms with van der Waals surface area (Å²) in [5, 5.41) is 0. The number of hydrogen-bond donors (Lipinski definition) is 1. The van der Waals surface area contributed by atoms with E-state index >= 15 is 0 Å². The molecule has 0 aromatic heterocycles. The Balaban J connectivity index is 3.87. The van der Waals surface area contributed by atoms with Crippen LogP contribution in [0.5, 0.6) is 0 Å². The summed E-state index contributed by atoms with van der Waals surface area (Å²) in [6, 6.07) is 0. The zero-order chi connectivity index (χ0) is 11.7. The highest BCUT2D eigenvalue weighted by Crippen LogP contribution is 2.08. The highest BCUT2D eigenvalue weighted by molar-refractivity contribution is 5.72. The van der Waals surface area contributed by atoms with Crippen LogP contribution in [-0.4, -0.2) is 31.8 Å². The molecule has 0 spiro atoms. The third-order valence-corrected chi connectivity index (χ3v) is 2.13. The standard InChI is InChI=1S/C11H23NO3/c1-4-6-10(7-12)11(13)15-9(3)8-14-5-2/h9-10H,4-8,12H2,1-3H3. The van der Waals surface area contributed by atoms with Crippen molar-refractivity contribution in [3.05, 3.63) is 0 Å². The summed E-state index contributed by atoms with van der Waals surface area (Å²) in [6.45, 7) is 7.21. The lowest BCUT2D eigenvalue weighted by molar-refractivity contribution is -0.155. The molecule has 15 heavy (non-hydrogen) atoms. The molecule has 0 aromatic carbocycles. The number of carbonyl (C=O) groups is 1. The third-order valence-electron chi connectivity index (χ3n) is 2.13.